The summed E-state index contributed by atoms with van der Waals surface area (Å²) in [6.45, 7) is 4.79. The van der Waals surface area contributed by atoms with E-state index in [-0.39, 0.29) is 11.5 Å². The molecule has 0 unspecified atom stereocenters. The number of amides is 1. The summed E-state index contributed by atoms with van der Waals surface area (Å²) >= 11 is 13.0. The van der Waals surface area contributed by atoms with Crippen molar-refractivity contribution in [2.45, 2.75) is 25.9 Å². The van der Waals surface area contributed by atoms with Crippen LogP contribution in [-0.4, -0.2) is 24.7 Å². The summed E-state index contributed by atoms with van der Waals surface area (Å²) < 4.78 is 12.6. The molecule has 128 valence electrons. The van der Waals surface area contributed by atoms with E-state index in [0.717, 1.165) is 17.7 Å². The van der Waals surface area contributed by atoms with E-state index in [1.165, 1.54) is 11.3 Å². The Morgan fingerprint density at radius 1 is 1.42 bits per heavy atom. The van der Waals surface area contributed by atoms with Crippen LogP contribution in [0.5, 0.6) is 11.5 Å². The fraction of sp³-hybridized carbons (Fsp3) is 0.353. The lowest BCUT2D eigenvalue weighted by Crippen LogP contribution is -2.28. The number of hydrogen-bond acceptors (Lipinski definition) is 4. The Balaban J connectivity index is 1.54. The van der Waals surface area contributed by atoms with Crippen LogP contribution in [0, 0.1) is 0 Å². The Labute approximate surface area is 154 Å². The van der Waals surface area contributed by atoms with Gasteiger partial charge in [-0.25, -0.2) is 0 Å². The minimum Gasteiger partial charge on any atom is -0.488 e. The summed E-state index contributed by atoms with van der Waals surface area (Å²) in [5.74, 6) is 1.23. The van der Waals surface area contributed by atoms with Crippen molar-refractivity contribution in [1.82, 2.24) is 5.32 Å². The fourth-order valence-electron chi connectivity index (χ4n) is 2.62. The first kappa shape index (κ1) is 17.4. The van der Waals surface area contributed by atoms with E-state index < -0.39 is 0 Å². The van der Waals surface area contributed by atoms with Crippen LogP contribution in [0.15, 0.2) is 24.3 Å². The highest BCUT2D eigenvalue weighted by molar-refractivity contribution is 7.20. The van der Waals surface area contributed by atoms with Crippen LogP contribution in [0.25, 0.3) is 0 Å². The molecular weight excluding hydrogens is 369 g/mol. The molecule has 0 bridgehead atoms. The summed E-state index contributed by atoms with van der Waals surface area (Å²) in [6, 6.07) is 7.42. The molecule has 0 atom stereocenters. The first-order valence-corrected chi connectivity index (χ1v) is 9.10. The SMILES string of the molecule is CC1(C)Cc2cccc(OCCNC(=O)c3cc(Cl)sc3Cl)c2O1. The van der Waals surface area contributed by atoms with Crippen molar-refractivity contribution in [3.63, 3.8) is 0 Å². The van der Waals surface area contributed by atoms with Gasteiger partial charge >= 0.3 is 0 Å². The van der Waals surface area contributed by atoms with Crippen LogP contribution in [0.2, 0.25) is 8.67 Å². The number of ether oxygens (including phenoxy) is 2. The van der Waals surface area contributed by atoms with Gasteiger partial charge in [0.25, 0.3) is 5.91 Å². The first-order chi connectivity index (χ1) is 11.4. The zero-order valence-electron chi connectivity index (χ0n) is 13.3. The summed E-state index contributed by atoms with van der Waals surface area (Å²) in [6.07, 6.45) is 0.855. The molecular formula is C17H17Cl2NO3S. The second-order valence-electron chi connectivity index (χ2n) is 6.13. The summed E-state index contributed by atoms with van der Waals surface area (Å²) in [5, 5.41) is 2.77. The van der Waals surface area contributed by atoms with E-state index in [4.69, 9.17) is 32.7 Å². The van der Waals surface area contributed by atoms with Gasteiger partial charge in [-0.15, -0.1) is 11.3 Å². The maximum atomic E-state index is 12.0. The number of benzene rings is 1. The summed E-state index contributed by atoms with van der Waals surface area (Å²) in [7, 11) is 0. The van der Waals surface area contributed by atoms with E-state index in [1.54, 1.807) is 6.07 Å². The number of hydrogen-bond donors (Lipinski definition) is 1. The van der Waals surface area contributed by atoms with Gasteiger partial charge in [0.1, 0.15) is 16.5 Å². The average molecular weight is 386 g/mol. The van der Waals surface area contributed by atoms with Crippen LogP contribution < -0.4 is 14.8 Å². The van der Waals surface area contributed by atoms with Crippen LogP contribution in [0.4, 0.5) is 0 Å². The Hall–Kier alpha value is -1.43. The van der Waals surface area contributed by atoms with E-state index in [0.29, 0.717) is 33.1 Å². The molecule has 1 aromatic carbocycles. The van der Waals surface area contributed by atoms with Gasteiger partial charge in [-0.3, -0.25) is 4.79 Å². The molecule has 4 nitrogen and oxygen atoms in total. The number of nitrogens with one attached hydrogen (secondary N) is 1. The molecule has 0 radical (unpaired) electrons. The highest BCUT2D eigenvalue weighted by Gasteiger charge is 2.32. The van der Waals surface area contributed by atoms with Crippen molar-refractivity contribution in [3.8, 4) is 11.5 Å². The van der Waals surface area contributed by atoms with Crippen LogP contribution in [-0.2, 0) is 6.42 Å². The number of carbonyl (C=O) groups excluding carboxylic acids is 1. The van der Waals surface area contributed by atoms with Crippen molar-refractivity contribution >= 4 is 40.4 Å². The topological polar surface area (TPSA) is 47.6 Å². The van der Waals surface area contributed by atoms with Gasteiger partial charge in [-0.1, -0.05) is 35.3 Å². The zero-order chi connectivity index (χ0) is 17.3. The molecule has 24 heavy (non-hydrogen) atoms. The van der Waals surface area contributed by atoms with Gasteiger partial charge in [-0.05, 0) is 26.0 Å². The molecule has 1 aromatic heterocycles. The molecule has 0 spiro atoms. The lowest BCUT2D eigenvalue weighted by molar-refractivity contribution is 0.0947. The second kappa shape index (κ2) is 6.82. The third-order valence-corrected chi connectivity index (χ3v) is 5.09. The quantitative estimate of drug-likeness (QED) is 0.766. The third-order valence-electron chi connectivity index (χ3n) is 3.60. The molecule has 2 aromatic rings. The van der Waals surface area contributed by atoms with Crippen molar-refractivity contribution in [2.75, 3.05) is 13.2 Å². The van der Waals surface area contributed by atoms with E-state index >= 15 is 0 Å². The van der Waals surface area contributed by atoms with E-state index in [1.807, 2.05) is 32.0 Å². The standard InChI is InChI=1S/C17H17Cl2NO3S/c1-17(2)9-10-4-3-5-12(14(10)23-17)22-7-6-20-16(21)11-8-13(18)24-15(11)19/h3-5,8H,6-7,9H2,1-2H3,(H,20,21). The third kappa shape index (κ3) is 3.79. The molecule has 0 fully saturated rings. The van der Waals surface area contributed by atoms with Gasteiger partial charge in [0, 0.05) is 12.0 Å². The Morgan fingerprint density at radius 2 is 2.21 bits per heavy atom. The number of para-hydroxylation sites is 1. The van der Waals surface area contributed by atoms with E-state index in [9.17, 15) is 4.79 Å². The lowest BCUT2D eigenvalue weighted by atomic mass is 10.0. The predicted octanol–water partition coefficient (Wildman–Crippen LogP) is 4.58. The largest absolute Gasteiger partial charge is 0.488 e. The minimum absolute atomic E-state index is 0.217. The highest BCUT2D eigenvalue weighted by atomic mass is 35.5. The van der Waals surface area contributed by atoms with Crippen molar-refractivity contribution in [1.29, 1.82) is 0 Å². The second-order valence-corrected chi connectivity index (χ2v) is 8.41. The number of carbonyl (C=O) groups is 1. The summed E-state index contributed by atoms with van der Waals surface area (Å²) in [4.78, 5) is 12.0. The molecule has 0 aliphatic carbocycles. The maximum absolute atomic E-state index is 12.0. The monoisotopic (exact) mass is 385 g/mol. The zero-order valence-corrected chi connectivity index (χ0v) is 15.6. The average Bonchev–Trinajstić information content (AvgIpc) is 3.00. The Bertz CT molecular complexity index is 773. The fourth-order valence-corrected chi connectivity index (χ4v) is 4.08. The molecule has 2 heterocycles. The molecule has 3 rings (SSSR count). The van der Waals surface area contributed by atoms with Crippen LogP contribution >= 0.6 is 34.5 Å². The lowest BCUT2D eigenvalue weighted by Gasteiger charge is -2.18. The molecule has 0 saturated heterocycles. The molecule has 1 N–H and O–H groups in total. The smallest absolute Gasteiger partial charge is 0.253 e. The van der Waals surface area contributed by atoms with Crippen LogP contribution in [0.3, 0.4) is 0 Å². The molecule has 7 heteroatoms. The van der Waals surface area contributed by atoms with Gasteiger partial charge < -0.3 is 14.8 Å². The number of thiophene rings is 1. The summed E-state index contributed by atoms with van der Waals surface area (Å²) in [5.41, 5.74) is 1.31. The minimum atomic E-state index is -0.262. The van der Waals surface area contributed by atoms with Gasteiger partial charge in [0.05, 0.1) is 16.4 Å². The van der Waals surface area contributed by atoms with Crippen molar-refractivity contribution in [3.05, 3.63) is 44.1 Å². The van der Waals surface area contributed by atoms with Crippen LogP contribution in [0.1, 0.15) is 29.8 Å². The molecule has 1 aliphatic rings. The number of halogens is 2. The van der Waals surface area contributed by atoms with Gasteiger partial charge in [0.2, 0.25) is 0 Å². The Morgan fingerprint density at radius 3 is 2.92 bits per heavy atom. The number of rotatable bonds is 5. The van der Waals surface area contributed by atoms with Gasteiger partial charge in [-0.2, -0.15) is 0 Å². The molecule has 1 amide bonds. The highest BCUT2D eigenvalue weighted by Crippen LogP contribution is 2.41. The Kier molecular flexibility index (Phi) is 4.95. The van der Waals surface area contributed by atoms with E-state index in [2.05, 4.69) is 5.32 Å². The van der Waals surface area contributed by atoms with Crippen molar-refractivity contribution < 1.29 is 14.3 Å². The maximum Gasteiger partial charge on any atom is 0.253 e. The first-order valence-electron chi connectivity index (χ1n) is 7.52. The molecule has 0 saturated carbocycles. The number of fused-ring (bicyclic) bond motifs is 1. The molecule has 1 aliphatic heterocycles. The normalized spacial score (nSPS) is 14.8. The van der Waals surface area contributed by atoms with Crippen molar-refractivity contribution in [2.24, 2.45) is 0 Å². The predicted molar refractivity (Wildman–Crippen MR) is 97.0 cm³/mol. The van der Waals surface area contributed by atoms with Gasteiger partial charge in [0.15, 0.2) is 11.5 Å².